The van der Waals surface area contributed by atoms with Gasteiger partial charge in [-0.05, 0) is 60.0 Å². The second-order valence-electron chi connectivity index (χ2n) is 8.30. The second kappa shape index (κ2) is 9.98. The lowest BCUT2D eigenvalue weighted by Crippen LogP contribution is -2.52. The summed E-state index contributed by atoms with van der Waals surface area (Å²) in [5.41, 5.74) is 2.12. The minimum Gasteiger partial charge on any atom is -0.366 e. The van der Waals surface area contributed by atoms with E-state index in [0.717, 1.165) is 18.1 Å². The largest absolute Gasteiger partial charge is 0.416 e. The number of rotatable bonds is 6. The molecule has 0 unspecified atom stereocenters. The van der Waals surface area contributed by atoms with E-state index >= 15 is 0 Å². The molecule has 1 fully saturated rings. The fraction of sp³-hybridized carbons (Fsp3) is 0.208. The van der Waals surface area contributed by atoms with Crippen LogP contribution >= 0.6 is 11.9 Å². The number of halogens is 8. The zero-order valence-electron chi connectivity index (χ0n) is 18.9. The Morgan fingerprint density at radius 3 is 2.16 bits per heavy atom. The first kappa shape index (κ1) is 27.5. The molecule has 0 atom stereocenters. The number of aromatic nitrogens is 2. The van der Waals surface area contributed by atoms with Gasteiger partial charge in [0.25, 0.3) is 5.92 Å². The smallest absolute Gasteiger partial charge is 0.366 e. The number of nitrogens with zero attached hydrogens (tertiary/aromatic N) is 3. The molecule has 1 aliphatic rings. The van der Waals surface area contributed by atoms with Gasteiger partial charge in [0.1, 0.15) is 0 Å². The Kier molecular flexibility index (Phi) is 7.23. The molecular weight excluding hydrogens is 544 g/mol. The molecule has 2 heterocycles. The maximum Gasteiger partial charge on any atom is 0.416 e. The number of hydrogen-bond acceptors (Lipinski definition) is 5. The summed E-state index contributed by atoms with van der Waals surface area (Å²) in [7, 11) is 0. The highest BCUT2D eigenvalue weighted by molar-refractivity contribution is 7.97. The Balaban J connectivity index is 1.69. The average molecular weight is 560 g/mol. The highest BCUT2D eigenvalue weighted by atomic mass is 32.2. The fourth-order valence-electron chi connectivity index (χ4n) is 3.52. The third-order valence-electron chi connectivity index (χ3n) is 5.28. The van der Waals surface area contributed by atoms with Crippen LogP contribution in [0.15, 0.2) is 59.6 Å². The highest BCUT2D eigenvalue weighted by Gasteiger charge is 2.44. The molecule has 3 aromatic rings. The molecule has 5 nitrogen and oxygen atoms in total. The molecule has 4 rings (SSSR count). The quantitative estimate of drug-likeness (QED) is 0.222. The van der Waals surface area contributed by atoms with E-state index in [9.17, 15) is 39.9 Å². The molecule has 1 aromatic heterocycles. The number of nitrogens with two attached hydrogens (primary N) is 1. The molecule has 0 saturated carbocycles. The second-order valence-corrected chi connectivity index (χ2v) is 9.47. The lowest BCUT2D eigenvalue weighted by Gasteiger charge is -2.37. The van der Waals surface area contributed by atoms with E-state index in [0.29, 0.717) is 22.6 Å². The van der Waals surface area contributed by atoms with Crippen molar-refractivity contribution >= 4 is 29.5 Å². The van der Waals surface area contributed by atoms with Crippen molar-refractivity contribution in [3.05, 3.63) is 77.1 Å². The molecule has 200 valence electrons. The van der Waals surface area contributed by atoms with Gasteiger partial charge in [-0.1, -0.05) is 12.1 Å². The van der Waals surface area contributed by atoms with Crippen LogP contribution in [-0.2, 0) is 17.1 Å². The summed E-state index contributed by atoms with van der Waals surface area (Å²) in [5.74, 6) is -4.11. The molecule has 2 N–H and O–H groups in total. The Morgan fingerprint density at radius 2 is 1.61 bits per heavy atom. The summed E-state index contributed by atoms with van der Waals surface area (Å²) in [6.45, 7) is -0.870. The van der Waals surface area contributed by atoms with Crippen molar-refractivity contribution < 1.29 is 39.9 Å². The Hall–Kier alpha value is -3.52. The zero-order chi connectivity index (χ0) is 27.9. The van der Waals surface area contributed by atoms with Crippen LogP contribution in [0.25, 0.3) is 23.0 Å². The van der Waals surface area contributed by atoms with Crippen molar-refractivity contribution in [1.29, 1.82) is 0 Å². The number of benzene rings is 2. The molecule has 38 heavy (non-hydrogen) atoms. The van der Waals surface area contributed by atoms with Crippen LogP contribution in [0.1, 0.15) is 22.4 Å². The van der Waals surface area contributed by atoms with Crippen molar-refractivity contribution in [2.45, 2.75) is 23.2 Å². The van der Waals surface area contributed by atoms with Crippen LogP contribution in [0.3, 0.4) is 0 Å². The van der Waals surface area contributed by atoms with Crippen LogP contribution in [0.4, 0.5) is 35.1 Å². The predicted octanol–water partition coefficient (Wildman–Crippen LogP) is 6.17. The first-order chi connectivity index (χ1) is 17.6. The van der Waals surface area contributed by atoms with E-state index in [-0.39, 0.29) is 17.3 Å². The molecule has 1 aliphatic heterocycles. The number of carbonyl (C=O) groups is 1. The van der Waals surface area contributed by atoms with E-state index in [2.05, 4.69) is 9.97 Å². The van der Waals surface area contributed by atoms with Gasteiger partial charge in [-0.3, -0.25) is 4.79 Å². The van der Waals surface area contributed by atoms with Gasteiger partial charge in [0, 0.05) is 22.2 Å². The summed E-state index contributed by atoms with van der Waals surface area (Å²) in [5, 5.41) is 0. The first-order valence-electron chi connectivity index (χ1n) is 10.7. The number of hydrogen-bond donors (Lipinski definition) is 1. The summed E-state index contributed by atoms with van der Waals surface area (Å²) in [6, 6.07) is 8.52. The van der Waals surface area contributed by atoms with E-state index in [4.69, 9.17) is 5.73 Å². The molecule has 0 radical (unpaired) electrons. The fourth-order valence-corrected chi connectivity index (χ4v) is 4.65. The lowest BCUT2D eigenvalue weighted by molar-refractivity contribution is -0.143. The number of carbonyl (C=O) groups excluding carboxylic acids is 1. The van der Waals surface area contributed by atoms with Gasteiger partial charge in [0.2, 0.25) is 5.91 Å². The van der Waals surface area contributed by atoms with Gasteiger partial charge in [-0.2, -0.15) is 26.3 Å². The van der Waals surface area contributed by atoms with Gasteiger partial charge in [0.05, 0.1) is 29.9 Å². The van der Waals surface area contributed by atoms with E-state index in [1.165, 1.54) is 28.6 Å². The van der Waals surface area contributed by atoms with Crippen molar-refractivity contribution in [2.24, 2.45) is 5.73 Å². The minimum atomic E-state index is -5.05. The predicted molar refractivity (Wildman–Crippen MR) is 123 cm³/mol. The molecule has 0 spiro atoms. The monoisotopic (exact) mass is 560 g/mol. The molecule has 0 bridgehead atoms. The van der Waals surface area contributed by atoms with Crippen molar-refractivity contribution in [2.75, 3.05) is 13.1 Å². The molecule has 0 aliphatic carbocycles. The lowest BCUT2D eigenvalue weighted by atomic mass is 10.0. The summed E-state index contributed by atoms with van der Waals surface area (Å²) in [6.07, 6.45) is -7.80. The molecular formula is C24H16F8N4OS. The third-order valence-corrected chi connectivity index (χ3v) is 6.26. The molecule has 14 heteroatoms. The average Bonchev–Trinajstić information content (AvgIpc) is 2.80. The van der Waals surface area contributed by atoms with Crippen molar-refractivity contribution in [1.82, 2.24) is 14.3 Å². The SMILES string of the molecule is NC(=O)/C(=C/c1ccnc(-c2cc(C(F)(F)F)cc(C(F)(F)F)c2)n1)c1cccc(SN2CC(F)(F)C2)c1. The minimum absolute atomic E-state index is 0.00917. The van der Waals surface area contributed by atoms with E-state index < -0.39 is 59.8 Å². The third kappa shape index (κ3) is 6.48. The summed E-state index contributed by atoms with van der Waals surface area (Å²) >= 11 is 1.05. The zero-order valence-corrected chi connectivity index (χ0v) is 19.8. The maximum atomic E-state index is 13.2. The summed E-state index contributed by atoms with van der Waals surface area (Å²) in [4.78, 5) is 20.6. The van der Waals surface area contributed by atoms with Crippen LogP contribution in [0, 0.1) is 0 Å². The Morgan fingerprint density at radius 1 is 0.974 bits per heavy atom. The van der Waals surface area contributed by atoms with Crippen LogP contribution in [0.5, 0.6) is 0 Å². The van der Waals surface area contributed by atoms with Crippen LogP contribution in [0.2, 0.25) is 0 Å². The van der Waals surface area contributed by atoms with E-state index in [1.54, 1.807) is 12.1 Å². The summed E-state index contributed by atoms with van der Waals surface area (Å²) < 4.78 is 107. The highest BCUT2D eigenvalue weighted by Crippen LogP contribution is 2.39. The van der Waals surface area contributed by atoms with E-state index in [1.807, 2.05) is 0 Å². The van der Waals surface area contributed by atoms with Crippen LogP contribution < -0.4 is 5.73 Å². The maximum absolute atomic E-state index is 13.2. The number of amides is 1. The molecule has 2 aromatic carbocycles. The number of alkyl halides is 8. The molecule has 1 amide bonds. The Bertz CT molecular complexity index is 1360. The van der Waals surface area contributed by atoms with Crippen molar-refractivity contribution in [3.63, 3.8) is 0 Å². The van der Waals surface area contributed by atoms with Crippen LogP contribution in [-0.4, -0.2) is 39.2 Å². The van der Waals surface area contributed by atoms with Gasteiger partial charge < -0.3 is 5.73 Å². The van der Waals surface area contributed by atoms with Gasteiger partial charge >= 0.3 is 12.4 Å². The topological polar surface area (TPSA) is 72.1 Å². The standard InChI is InChI=1S/C24H16F8N4OS/c25-22(26)11-36(12-22)38-18-3-1-2-13(8-18)19(20(33)37)10-17-4-5-34-21(35-17)14-6-15(23(27,28)29)9-16(7-14)24(30,31)32/h1-10H,11-12H2,(H2,33,37)/b19-10+. The van der Waals surface area contributed by atoms with Gasteiger partial charge in [0.15, 0.2) is 5.82 Å². The molecule has 1 saturated heterocycles. The normalized spacial score (nSPS) is 16.3. The van der Waals surface area contributed by atoms with Crippen molar-refractivity contribution in [3.8, 4) is 11.4 Å². The Labute approximate surface area is 214 Å². The first-order valence-corrected chi connectivity index (χ1v) is 11.4. The number of primary amides is 1. The van der Waals surface area contributed by atoms with Gasteiger partial charge in [-0.25, -0.2) is 23.1 Å². The van der Waals surface area contributed by atoms with Gasteiger partial charge in [-0.15, -0.1) is 0 Å².